The van der Waals surface area contributed by atoms with Crippen molar-refractivity contribution in [2.24, 2.45) is 4.99 Å². The molecule has 1 unspecified atom stereocenters. The summed E-state index contributed by atoms with van der Waals surface area (Å²) in [7, 11) is 1.57. The molecule has 0 heterocycles. The van der Waals surface area contributed by atoms with Crippen molar-refractivity contribution in [2.45, 2.75) is 19.4 Å². The number of nitrogens with zero attached hydrogens (tertiary/aromatic N) is 1. The molecule has 1 N–H and O–H groups in total. The van der Waals surface area contributed by atoms with Crippen LogP contribution in [0.4, 0.5) is 4.79 Å². The van der Waals surface area contributed by atoms with Crippen LogP contribution < -0.4 is 5.32 Å². The van der Waals surface area contributed by atoms with E-state index in [4.69, 9.17) is 9.47 Å². The number of amides is 2. The van der Waals surface area contributed by atoms with Crippen molar-refractivity contribution in [3.05, 3.63) is 12.7 Å². The SMILES string of the molecule is C=CC(=O)NC=NC(=O)OC(C)CCOC. The van der Waals surface area contributed by atoms with Crippen LogP contribution in [0.15, 0.2) is 17.6 Å². The maximum absolute atomic E-state index is 11.0. The van der Waals surface area contributed by atoms with Gasteiger partial charge >= 0.3 is 6.09 Å². The predicted octanol–water partition coefficient (Wildman–Crippen LogP) is 0.878. The van der Waals surface area contributed by atoms with E-state index in [2.05, 4.69) is 16.9 Å². The maximum atomic E-state index is 11.0. The number of hydrogen-bond acceptors (Lipinski definition) is 4. The number of carbonyl (C=O) groups excluding carboxylic acids is 2. The van der Waals surface area contributed by atoms with Gasteiger partial charge in [-0.1, -0.05) is 6.58 Å². The molecule has 0 saturated carbocycles. The van der Waals surface area contributed by atoms with Gasteiger partial charge in [0.05, 0.1) is 0 Å². The van der Waals surface area contributed by atoms with E-state index in [-0.39, 0.29) is 6.10 Å². The molecule has 6 nitrogen and oxygen atoms in total. The molecule has 0 fully saturated rings. The molecule has 0 spiro atoms. The number of methoxy groups -OCH3 is 1. The van der Waals surface area contributed by atoms with Gasteiger partial charge in [0, 0.05) is 20.1 Å². The van der Waals surface area contributed by atoms with Crippen molar-refractivity contribution >= 4 is 18.3 Å². The average Bonchev–Trinajstić information content (AvgIpc) is 2.25. The molecule has 0 aromatic heterocycles. The molecule has 0 aromatic carbocycles. The third kappa shape index (κ3) is 7.69. The van der Waals surface area contributed by atoms with Crippen LogP contribution in [0, 0.1) is 0 Å². The Morgan fingerprint density at radius 3 is 2.81 bits per heavy atom. The highest BCUT2D eigenvalue weighted by Gasteiger charge is 2.06. The highest BCUT2D eigenvalue weighted by atomic mass is 16.6. The van der Waals surface area contributed by atoms with Crippen LogP contribution in [-0.2, 0) is 14.3 Å². The molecule has 1 atom stereocenters. The van der Waals surface area contributed by atoms with Gasteiger partial charge < -0.3 is 14.8 Å². The van der Waals surface area contributed by atoms with Crippen molar-refractivity contribution in [3.8, 4) is 0 Å². The summed E-state index contributed by atoms with van der Waals surface area (Å²) in [6.45, 7) is 5.47. The quantitative estimate of drug-likeness (QED) is 0.416. The number of aliphatic imine (C=N–C) groups is 1. The summed E-state index contributed by atoms with van der Waals surface area (Å²) in [5, 5.41) is 2.21. The average molecular weight is 228 g/mol. The molecule has 16 heavy (non-hydrogen) atoms. The molecular weight excluding hydrogens is 212 g/mol. The van der Waals surface area contributed by atoms with Crippen molar-refractivity contribution in [2.75, 3.05) is 13.7 Å². The van der Waals surface area contributed by atoms with Crippen molar-refractivity contribution < 1.29 is 19.1 Å². The second-order valence-corrected chi connectivity index (χ2v) is 2.95. The van der Waals surface area contributed by atoms with E-state index in [9.17, 15) is 9.59 Å². The lowest BCUT2D eigenvalue weighted by molar-refractivity contribution is -0.115. The summed E-state index contributed by atoms with van der Waals surface area (Å²) in [5.74, 6) is -0.441. The van der Waals surface area contributed by atoms with E-state index in [0.29, 0.717) is 13.0 Å². The molecule has 90 valence electrons. The van der Waals surface area contributed by atoms with Crippen molar-refractivity contribution in [1.82, 2.24) is 5.32 Å². The Labute approximate surface area is 94.3 Å². The molecule has 0 saturated heterocycles. The highest BCUT2D eigenvalue weighted by molar-refractivity contribution is 5.96. The van der Waals surface area contributed by atoms with E-state index >= 15 is 0 Å². The van der Waals surface area contributed by atoms with Gasteiger partial charge in [-0.15, -0.1) is 0 Å². The Bertz CT molecular complexity index is 276. The zero-order valence-corrected chi connectivity index (χ0v) is 9.43. The number of carbonyl (C=O) groups is 2. The molecule has 0 aliphatic rings. The molecule has 0 rings (SSSR count). The smallest absolute Gasteiger partial charge is 0.435 e. The first-order valence-corrected chi connectivity index (χ1v) is 4.75. The minimum absolute atomic E-state index is 0.278. The third-order valence-electron chi connectivity index (χ3n) is 1.59. The predicted molar refractivity (Wildman–Crippen MR) is 59.3 cm³/mol. The Hall–Kier alpha value is -1.69. The molecule has 0 aromatic rings. The summed E-state index contributed by atoms with van der Waals surface area (Å²) >= 11 is 0. The first kappa shape index (κ1) is 14.3. The van der Waals surface area contributed by atoms with Crippen LogP contribution in [0.1, 0.15) is 13.3 Å². The van der Waals surface area contributed by atoms with Gasteiger partial charge in [0.2, 0.25) is 5.91 Å². The van der Waals surface area contributed by atoms with Gasteiger partial charge in [-0.05, 0) is 13.0 Å². The van der Waals surface area contributed by atoms with E-state index in [1.807, 2.05) is 0 Å². The van der Waals surface area contributed by atoms with Crippen LogP contribution in [-0.4, -0.2) is 38.2 Å². The second kappa shape index (κ2) is 8.60. The Morgan fingerprint density at radius 2 is 2.25 bits per heavy atom. The molecule has 0 radical (unpaired) electrons. The summed E-state index contributed by atoms with van der Waals surface area (Å²) in [6, 6.07) is 0. The van der Waals surface area contributed by atoms with Gasteiger partial charge in [0.25, 0.3) is 0 Å². The fourth-order valence-electron chi connectivity index (χ4n) is 0.753. The fraction of sp³-hybridized carbons (Fsp3) is 0.500. The Balaban J connectivity index is 3.80. The summed E-state index contributed by atoms with van der Waals surface area (Å²) < 4.78 is 9.70. The van der Waals surface area contributed by atoms with Crippen LogP contribution >= 0.6 is 0 Å². The zero-order valence-electron chi connectivity index (χ0n) is 9.43. The maximum Gasteiger partial charge on any atom is 0.435 e. The Kier molecular flexibility index (Phi) is 7.70. The minimum atomic E-state index is -0.757. The van der Waals surface area contributed by atoms with Crippen molar-refractivity contribution in [1.29, 1.82) is 0 Å². The van der Waals surface area contributed by atoms with Crippen LogP contribution in [0.3, 0.4) is 0 Å². The largest absolute Gasteiger partial charge is 0.445 e. The van der Waals surface area contributed by atoms with E-state index < -0.39 is 12.0 Å². The number of nitrogens with one attached hydrogen (secondary N) is 1. The van der Waals surface area contributed by atoms with Crippen LogP contribution in [0.2, 0.25) is 0 Å². The Morgan fingerprint density at radius 1 is 1.56 bits per heavy atom. The fourth-order valence-corrected chi connectivity index (χ4v) is 0.753. The zero-order chi connectivity index (χ0) is 12.4. The van der Waals surface area contributed by atoms with Gasteiger partial charge in [-0.25, -0.2) is 4.79 Å². The molecule has 6 heteroatoms. The molecule has 0 bridgehead atoms. The lowest BCUT2D eigenvalue weighted by Crippen LogP contribution is -2.20. The standard InChI is InChI=1S/C10H16N2O4/c1-4-9(13)11-7-12-10(14)16-8(2)5-6-15-3/h4,7-8H,1,5-6H2,2-3H3,(H,11,12,13,14). The number of hydrogen-bond donors (Lipinski definition) is 1. The second-order valence-electron chi connectivity index (χ2n) is 2.95. The highest BCUT2D eigenvalue weighted by Crippen LogP contribution is 1.98. The monoisotopic (exact) mass is 228 g/mol. The molecule has 0 aliphatic heterocycles. The third-order valence-corrected chi connectivity index (χ3v) is 1.59. The minimum Gasteiger partial charge on any atom is -0.445 e. The topological polar surface area (TPSA) is 77.0 Å². The summed E-state index contributed by atoms with van der Waals surface area (Å²) in [6.07, 6.45) is 1.60. The van der Waals surface area contributed by atoms with Gasteiger partial charge in [0.15, 0.2) is 0 Å². The lowest BCUT2D eigenvalue weighted by Gasteiger charge is -2.09. The first-order chi connectivity index (χ1) is 7.60. The normalized spacial score (nSPS) is 12.1. The van der Waals surface area contributed by atoms with Gasteiger partial charge in [-0.3, -0.25) is 4.79 Å². The number of rotatable bonds is 6. The van der Waals surface area contributed by atoms with Gasteiger partial charge in [-0.2, -0.15) is 4.99 Å². The first-order valence-electron chi connectivity index (χ1n) is 4.75. The summed E-state index contributed by atoms with van der Waals surface area (Å²) in [5.41, 5.74) is 0. The molecular formula is C10H16N2O4. The van der Waals surface area contributed by atoms with Crippen molar-refractivity contribution in [3.63, 3.8) is 0 Å². The van der Waals surface area contributed by atoms with Crippen LogP contribution in [0.25, 0.3) is 0 Å². The van der Waals surface area contributed by atoms with E-state index in [1.165, 1.54) is 0 Å². The van der Waals surface area contributed by atoms with E-state index in [1.54, 1.807) is 14.0 Å². The summed E-state index contributed by atoms with van der Waals surface area (Å²) in [4.78, 5) is 25.1. The molecule has 2 amide bonds. The van der Waals surface area contributed by atoms with Gasteiger partial charge in [0.1, 0.15) is 12.4 Å². The lowest BCUT2D eigenvalue weighted by atomic mass is 10.3. The van der Waals surface area contributed by atoms with Crippen LogP contribution in [0.5, 0.6) is 0 Å². The molecule has 0 aliphatic carbocycles. The van der Waals surface area contributed by atoms with E-state index in [0.717, 1.165) is 12.4 Å². The number of ether oxygens (including phenoxy) is 2.